The molecule has 0 bridgehead atoms. The van der Waals surface area contributed by atoms with Crippen molar-refractivity contribution in [3.8, 4) is 22.8 Å². The number of hydrogen-bond donors (Lipinski definition) is 0. The molecule has 0 unspecified atom stereocenters. The van der Waals surface area contributed by atoms with E-state index in [4.69, 9.17) is 16.1 Å². The van der Waals surface area contributed by atoms with Crippen LogP contribution in [-0.4, -0.2) is 20.1 Å². The average Bonchev–Trinajstić information content (AvgIpc) is 2.94. The smallest absolute Gasteiger partial charge is 0.258 e. The Labute approximate surface area is 146 Å². The van der Waals surface area contributed by atoms with Crippen LogP contribution in [0.5, 0.6) is 0 Å². The molecule has 3 aromatic rings. The topological polar surface area (TPSA) is 64.7 Å². The molecule has 0 aliphatic rings. The van der Waals surface area contributed by atoms with E-state index in [9.17, 15) is 0 Å². The molecule has 0 N–H and O–H groups in total. The van der Waals surface area contributed by atoms with Crippen LogP contribution < -0.4 is 0 Å². The largest absolute Gasteiger partial charge is 0.334 e. The zero-order valence-electron chi connectivity index (χ0n) is 14.2. The van der Waals surface area contributed by atoms with Gasteiger partial charge in [-0.1, -0.05) is 30.6 Å². The summed E-state index contributed by atoms with van der Waals surface area (Å²) >= 11 is 6.01. The van der Waals surface area contributed by atoms with Crippen molar-refractivity contribution in [2.75, 3.05) is 0 Å². The molecule has 0 aliphatic carbocycles. The van der Waals surface area contributed by atoms with Crippen LogP contribution in [0, 0.1) is 19.8 Å². The molecule has 0 aromatic carbocycles. The van der Waals surface area contributed by atoms with Crippen LogP contribution in [0.15, 0.2) is 28.8 Å². The Hall–Kier alpha value is -2.27. The van der Waals surface area contributed by atoms with Crippen molar-refractivity contribution in [1.29, 1.82) is 0 Å². The van der Waals surface area contributed by atoms with Crippen LogP contribution in [0.25, 0.3) is 22.8 Å². The lowest BCUT2D eigenvalue weighted by atomic mass is 10.1. The maximum atomic E-state index is 6.01. The Morgan fingerprint density at radius 1 is 0.958 bits per heavy atom. The van der Waals surface area contributed by atoms with E-state index in [1.165, 1.54) is 0 Å². The number of aryl methyl sites for hydroxylation is 2. The average molecular weight is 343 g/mol. The second-order valence-corrected chi connectivity index (χ2v) is 6.72. The molecule has 0 spiro atoms. The zero-order chi connectivity index (χ0) is 17.3. The van der Waals surface area contributed by atoms with E-state index < -0.39 is 0 Å². The Balaban J connectivity index is 1.97. The second-order valence-electron chi connectivity index (χ2n) is 6.33. The van der Waals surface area contributed by atoms with Gasteiger partial charge in [0.1, 0.15) is 5.15 Å². The number of hydrogen-bond acceptors (Lipinski definition) is 5. The van der Waals surface area contributed by atoms with Crippen molar-refractivity contribution in [3.63, 3.8) is 0 Å². The normalized spacial score (nSPS) is 11.2. The maximum absolute atomic E-state index is 6.01. The van der Waals surface area contributed by atoms with Gasteiger partial charge in [0.2, 0.25) is 5.82 Å². The van der Waals surface area contributed by atoms with Gasteiger partial charge in [-0.05, 0) is 50.5 Å². The van der Waals surface area contributed by atoms with E-state index in [1.807, 2.05) is 32.0 Å². The first kappa shape index (κ1) is 16.6. The third-order valence-corrected chi connectivity index (χ3v) is 3.67. The van der Waals surface area contributed by atoms with Crippen molar-refractivity contribution in [2.24, 2.45) is 5.92 Å². The van der Waals surface area contributed by atoms with E-state index in [2.05, 4.69) is 34.0 Å². The Bertz CT molecular complexity index is 853. The highest BCUT2D eigenvalue weighted by Crippen LogP contribution is 2.25. The number of pyridine rings is 2. The molecule has 3 heterocycles. The molecule has 3 rings (SSSR count). The third kappa shape index (κ3) is 3.79. The fourth-order valence-electron chi connectivity index (χ4n) is 2.60. The lowest BCUT2D eigenvalue weighted by Crippen LogP contribution is -1.99. The molecule has 0 saturated heterocycles. The van der Waals surface area contributed by atoms with Gasteiger partial charge in [-0.2, -0.15) is 4.98 Å². The Morgan fingerprint density at radius 3 is 2.38 bits per heavy atom. The summed E-state index contributed by atoms with van der Waals surface area (Å²) in [5.74, 6) is 1.51. The monoisotopic (exact) mass is 342 g/mol. The first-order valence-corrected chi connectivity index (χ1v) is 8.24. The summed E-state index contributed by atoms with van der Waals surface area (Å²) < 4.78 is 5.45. The van der Waals surface area contributed by atoms with E-state index in [1.54, 1.807) is 6.07 Å². The van der Waals surface area contributed by atoms with Crippen molar-refractivity contribution in [3.05, 3.63) is 46.5 Å². The fraction of sp³-hybridized carbons (Fsp3) is 0.333. The summed E-state index contributed by atoms with van der Waals surface area (Å²) in [7, 11) is 0. The molecule has 24 heavy (non-hydrogen) atoms. The summed E-state index contributed by atoms with van der Waals surface area (Å²) in [5.41, 5.74) is 4.44. The van der Waals surface area contributed by atoms with Crippen LogP contribution in [0.2, 0.25) is 5.15 Å². The molecule has 0 aliphatic heterocycles. The van der Waals surface area contributed by atoms with Gasteiger partial charge in [0.05, 0.1) is 0 Å². The molecule has 0 radical (unpaired) electrons. The van der Waals surface area contributed by atoms with E-state index in [-0.39, 0.29) is 0 Å². The standard InChI is InChI=1S/C18H19ClN4O/c1-10(2)5-15-8-14(7-11(3)20-15)18-22-17(23-24-18)13-6-12(4)21-16(19)9-13/h6-10H,5H2,1-4H3. The molecule has 0 atom stereocenters. The van der Waals surface area contributed by atoms with Crippen LogP contribution in [0.1, 0.15) is 30.9 Å². The minimum Gasteiger partial charge on any atom is -0.334 e. The van der Waals surface area contributed by atoms with Gasteiger partial charge in [0.25, 0.3) is 5.89 Å². The van der Waals surface area contributed by atoms with Crippen molar-refractivity contribution in [1.82, 2.24) is 20.1 Å². The minimum absolute atomic E-state index is 0.412. The van der Waals surface area contributed by atoms with Crippen molar-refractivity contribution >= 4 is 11.6 Å². The first-order chi connectivity index (χ1) is 11.4. The van der Waals surface area contributed by atoms with Gasteiger partial charge in [-0.25, -0.2) is 4.98 Å². The predicted octanol–water partition coefficient (Wildman–Crippen LogP) is 4.66. The van der Waals surface area contributed by atoms with Crippen LogP contribution in [-0.2, 0) is 6.42 Å². The van der Waals surface area contributed by atoms with Crippen molar-refractivity contribution < 1.29 is 4.52 Å². The molecule has 3 aromatic heterocycles. The molecule has 0 saturated carbocycles. The predicted molar refractivity (Wildman–Crippen MR) is 93.8 cm³/mol. The lowest BCUT2D eigenvalue weighted by molar-refractivity contribution is 0.432. The molecule has 6 heteroatoms. The maximum Gasteiger partial charge on any atom is 0.258 e. The van der Waals surface area contributed by atoms with E-state index in [0.717, 1.165) is 34.6 Å². The Kier molecular flexibility index (Phi) is 4.62. The quantitative estimate of drug-likeness (QED) is 0.645. The molecule has 0 fully saturated rings. The molecular formula is C18H19ClN4O. The van der Waals surface area contributed by atoms with Gasteiger partial charge < -0.3 is 4.52 Å². The van der Waals surface area contributed by atoms with Crippen LogP contribution in [0.4, 0.5) is 0 Å². The third-order valence-electron chi connectivity index (χ3n) is 3.48. The molecule has 0 amide bonds. The van der Waals surface area contributed by atoms with Crippen LogP contribution in [0.3, 0.4) is 0 Å². The van der Waals surface area contributed by atoms with E-state index >= 15 is 0 Å². The fourth-order valence-corrected chi connectivity index (χ4v) is 2.85. The zero-order valence-corrected chi connectivity index (χ0v) is 14.9. The SMILES string of the molecule is Cc1cc(-c2noc(-c3cc(C)nc(CC(C)C)c3)n2)cc(Cl)n1. The van der Waals surface area contributed by atoms with Gasteiger partial charge in [-0.15, -0.1) is 0 Å². The van der Waals surface area contributed by atoms with Gasteiger partial charge >= 0.3 is 0 Å². The minimum atomic E-state index is 0.412. The number of aromatic nitrogens is 4. The summed E-state index contributed by atoms with van der Waals surface area (Å²) in [6.45, 7) is 8.19. The van der Waals surface area contributed by atoms with E-state index in [0.29, 0.717) is 22.8 Å². The molecule has 124 valence electrons. The Morgan fingerprint density at radius 2 is 1.67 bits per heavy atom. The summed E-state index contributed by atoms with van der Waals surface area (Å²) in [6.07, 6.45) is 0.912. The van der Waals surface area contributed by atoms with Gasteiger partial charge in [0.15, 0.2) is 0 Å². The lowest BCUT2D eigenvalue weighted by Gasteiger charge is -2.06. The number of halogens is 1. The molecule has 5 nitrogen and oxygen atoms in total. The second kappa shape index (κ2) is 6.69. The summed E-state index contributed by atoms with van der Waals surface area (Å²) in [6, 6.07) is 7.56. The highest BCUT2D eigenvalue weighted by Gasteiger charge is 2.14. The van der Waals surface area contributed by atoms with Gasteiger partial charge in [0, 0.05) is 28.2 Å². The number of nitrogens with zero attached hydrogens (tertiary/aromatic N) is 4. The highest BCUT2D eigenvalue weighted by molar-refractivity contribution is 6.29. The molecular weight excluding hydrogens is 324 g/mol. The summed E-state index contributed by atoms with van der Waals surface area (Å²) in [5, 5.41) is 4.48. The van der Waals surface area contributed by atoms with Crippen LogP contribution >= 0.6 is 11.6 Å². The summed E-state index contributed by atoms with van der Waals surface area (Å²) in [4.78, 5) is 13.2. The first-order valence-electron chi connectivity index (χ1n) is 7.87. The van der Waals surface area contributed by atoms with Gasteiger partial charge in [-0.3, -0.25) is 4.98 Å². The number of rotatable bonds is 4. The highest BCUT2D eigenvalue weighted by atomic mass is 35.5. The van der Waals surface area contributed by atoms with Crippen molar-refractivity contribution in [2.45, 2.75) is 34.1 Å².